The lowest BCUT2D eigenvalue weighted by atomic mass is 10.0. The Labute approximate surface area is 110 Å². The average molecular weight is 248 g/mol. The van der Waals surface area contributed by atoms with E-state index in [2.05, 4.69) is 31.4 Å². The number of amides is 1. The maximum atomic E-state index is 11.7. The normalized spacial score (nSPS) is 12.2. The van der Waals surface area contributed by atoms with E-state index in [4.69, 9.17) is 0 Å². The molecule has 0 aliphatic carbocycles. The summed E-state index contributed by atoms with van der Waals surface area (Å²) in [6.07, 6.45) is 2.18. The molecule has 0 saturated heterocycles. The molecule has 1 aromatic carbocycles. The van der Waals surface area contributed by atoms with Gasteiger partial charge in [0, 0.05) is 11.7 Å². The van der Waals surface area contributed by atoms with Gasteiger partial charge in [-0.05, 0) is 37.8 Å². The summed E-state index contributed by atoms with van der Waals surface area (Å²) in [6.45, 7) is 6.79. The fourth-order valence-corrected chi connectivity index (χ4v) is 1.72. The fourth-order valence-electron chi connectivity index (χ4n) is 1.72. The zero-order chi connectivity index (χ0) is 13.4. The lowest BCUT2D eigenvalue weighted by Gasteiger charge is -2.15. The van der Waals surface area contributed by atoms with E-state index in [0.717, 1.165) is 18.5 Å². The Balaban J connectivity index is 2.21. The van der Waals surface area contributed by atoms with Crippen LogP contribution in [0.5, 0.6) is 0 Å². The van der Waals surface area contributed by atoms with Crippen LogP contribution in [-0.4, -0.2) is 18.5 Å². The van der Waals surface area contributed by atoms with Crippen molar-refractivity contribution in [1.29, 1.82) is 0 Å². The Bertz CT molecular complexity index is 349. The number of benzene rings is 1. The van der Waals surface area contributed by atoms with Crippen molar-refractivity contribution in [3.8, 4) is 0 Å². The molecule has 0 radical (unpaired) electrons. The van der Waals surface area contributed by atoms with Gasteiger partial charge in [0.25, 0.3) is 0 Å². The molecule has 1 amide bonds. The van der Waals surface area contributed by atoms with Crippen molar-refractivity contribution in [2.75, 3.05) is 11.9 Å². The number of carbonyl (C=O) groups excluding carboxylic acids is 1. The van der Waals surface area contributed by atoms with Crippen LogP contribution in [0.4, 0.5) is 5.69 Å². The minimum Gasteiger partial charge on any atom is -0.376 e. The summed E-state index contributed by atoms with van der Waals surface area (Å²) in [7, 11) is 0. The van der Waals surface area contributed by atoms with Gasteiger partial charge in [0.2, 0.25) is 5.91 Å². The Morgan fingerprint density at radius 3 is 2.39 bits per heavy atom. The summed E-state index contributed by atoms with van der Waals surface area (Å²) in [4.78, 5) is 11.7. The van der Waals surface area contributed by atoms with Gasteiger partial charge in [-0.3, -0.25) is 4.79 Å². The maximum Gasteiger partial charge on any atom is 0.239 e. The van der Waals surface area contributed by atoms with Crippen LogP contribution in [-0.2, 0) is 4.79 Å². The standard InChI is InChI=1S/C15H24N2O/c1-12(2)9-10-13(3)17-15(18)11-16-14-7-5-4-6-8-14/h4-8,12-13,16H,9-11H2,1-3H3,(H,17,18). The molecule has 0 aliphatic heterocycles. The van der Waals surface area contributed by atoms with Crippen LogP contribution in [0.15, 0.2) is 30.3 Å². The van der Waals surface area contributed by atoms with Crippen molar-refractivity contribution >= 4 is 11.6 Å². The summed E-state index contributed by atoms with van der Waals surface area (Å²) in [5, 5.41) is 6.11. The molecule has 0 saturated carbocycles. The third-order valence-electron chi connectivity index (χ3n) is 2.81. The molecule has 1 rings (SSSR count). The second-order valence-corrected chi connectivity index (χ2v) is 5.16. The molecular formula is C15H24N2O. The topological polar surface area (TPSA) is 41.1 Å². The Hall–Kier alpha value is -1.51. The van der Waals surface area contributed by atoms with Crippen molar-refractivity contribution in [1.82, 2.24) is 5.32 Å². The smallest absolute Gasteiger partial charge is 0.239 e. The molecule has 1 unspecified atom stereocenters. The molecule has 0 spiro atoms. The lowest BCUT2D eigenvalue weighted by Crippen LogP contribution is -2.36. The summed E-state index contributed by atoms with van der Waals surface area (Å²) in [5.74, 6) is 0.738. The van der Waals surface area contributed by atoms with Gasteiger partial charge in [-0.15, -0.1) is 0 Å². The SMILES string of the molecule is CC(C)CCC(C)NC(=O)CNc1ccccc1. The summed E-state index contributed by atoms with van der Waals surface area (Å²) >= 11 is 0. The number of hydrogen-bond acceptors (Lipinski definition) is 2. The van der Waals surface area contributed by atoms with E-state index >= 15 is 0 Å². The molecule has 2 N–H and O–H groups in total. The molecule has 3 nitrogen and oxygen atoms in total. The molecule has 1 atom stereocenters. The van der Waals surface area contributed by atoms with Gasteiger partial charge in [-0.1, -0.05) is 32.0 Å². The van der Waals surface area contributed by atoms with Crippen molar-refractivity contribution in [2.24, 2.45) is 5.92 Å². The van der Waals surface area contributed by atoms with Crippen molar-refractivity contribution < 1.29 is 4.79 Å². The Morgan fingerprint density at radius 2 is 1.78 bits per heavy atom. The zero-order valence-electron chi connectivity index (χ0n) is 11.6. The summed E-state index contributed by atoms with van der Waals surface area (Å²) < 4.78 is 0. The largest absolute Gasteiger partial charge is 0.376 e. The first-order chi connectivity index (χ1) is 8.58. The van der Waals surface area contributed by atoms with Crippen LogP contribution in [0.3, 0.4) is 0 Å². The van der Waals surface area contributed by atoms with Crippen LogP contribution in [0.25, 0.3) is 0 Å². The van der Waals surface area contributed by atoms with E-state index in [9.17, 15) is 4.79 Å². The highest BCUT2D eigenvalue weighted by atomic mass is 16.1. The molecule has 18 heavy (non-hydrogen) atoms. The number of carbonyl (C=O) groups is 1. The van der Waals surface area contributed by atoms with Gasteiger partial charge in [0.05, 0.1) is 6.54 Å². The van der Waals surface area contributed by atoms with Crippen LogP contribution in [0.2, 0.25) is 0 Å². The maximum absolute atomic E-state index is 11.7. The summed E-state index contributed by atoms with van der Waals surface area (Å²) in [5.41, 5.74) is 0.975. The minimum atomic E-state index is 0.0510. The molecule has 0 fully saturated rings. The molecule has 3 heteroatoms. The number of anilines is 1. The van der Waals surface area contributed by atoms with Crippen LogP contribution in [0, 0.1) is 5.92 Å². The highest BCUT2D eigenvalue weighted by molar-refractivity contribution is 5.80. The van der Waals surface area contributed by atoms with E-state index in [1.54, 1.807) is 0 Å². The molecule has 1 aromatic rings. The van der Waals surface area contributed by atoms with Gasteiger partial charge in [0.15, 0.2) is 0 Å². The number of nitrogens with one attached hydrogen (secondary N) is 2. The van der Waals surface area contributed by atoms with Gasteiger partial charge >= 0.3 is 0 Å². The lowest BCUT2D eigenvalue weighted by molar-refractivity contribution is -0.120. The van der Waals surface area contributed by atoms with E-state index in [0.29, 0.717) is 12.5 Å². The second kappa shape index (κ2) is 7.75. The molecule has 100 valence electrons. The minimum absolute atomic E-state index is 0.0510. The third-order valence-corrected chi connectivity index (χ3v) is 2.81. The molecule has 0 heterocycles. The van der Waals surface area contributed by atoms with Gasteiger partial charge in [-0.25, -0.2) is 0 Å². The Kier molecular flexibility index (Phi) is 6.26. The first kappa shape index (κ1) is 14.6. The Morgan fingerprint density at radius 1 is 1.11 bits per heavy atom. The predicted molar refractivity (Wildman–Crippen MR) is 76.6 cm³/mol. The van der Waals surface area contributed by atoms with Crippen LogP contribution < -0.4 is 10.6 Å². The van der Waals surface area contributed by atoms with Crippen LogP contribution in [0.1, 0.15) is 33.6 Å². The van der Waals surface area contributed by atoms with Crippen molar-refractivity contribution in [3.05, 3.63) is 30.3 Å². The zero-order valence-corrected chi connectivity index (χ0v) is 11.6. The molecule has 0 aliphatic rings. The van der Waals surface area contributed by atoms with Gasteiger partial charge < -0.3 is 10.6 Å². The van der Waals surface area contributed by atoms with Gasteiger partial charge in [-0.2, -0.15) is 0 Å². The molecule has 0 aromatic heterocycles. The molecular weight excluding hydrogens is 224 g/mol. The average Bonchev–Trinajstić information content (AvgIpc) is 2.35. The van der Waals surface area contributed by atoms with E-state index in [1.165, 1.54) is 0 Å². The fraction of sp³-hybridized carbons (Fsp3) is 0.533. The quantitative estimate of drug-likeness (QED) is 0.778. The van der Waals surface area contributed by atoms with Crippen LogP contribution >= 0.6 is 0 Å². The number of rotatable bonds is 7. The van der Waals surface area contributed by atoms with Gasteiger partial charge in [0.1, 0.15) is 0 Å². The van der Waals surface area contributed by atoms with Crippen molar-refractivity contribution in [3.63, 3.8) is 0 Å². The second-order valence-electron chi connectivity index (χ2n) is 5.16. The third kappa shape index (κ3) is 6.28. The molecule has 0 bridgehead atoms. The first-order valence-electron chi connectivity index (χ1n) is 6.66. The van der Waals surface area contributed by atoms with E-state index < -0.39 is 0 Å². The number of hydrogen-bond donors (Lipinski definition) is 2. The van der Waals surface area contributed by atoms with E-state index in [-0.39, 0.29) is 11.9 Å². The first-order valence-corrected chi connectivity index (χ1v) is 6.66. The summed E-state index contributed by atoms with van der Waals surface area (Å²) in [6, 6.07) is 10.0. The monoisotopic (exact) mass is 248 g/mol. The highest BCUT2D eigenvalue weighted by Gasteiger charge is 2.07. The number of para-hydroxylation sites is 1. The van der Waals surface area contributed by atoms with E-state index in [1.807, 2.05) is 30.3 Å². The highest BCUT2D eigenvalue weighted by Crippen LogP contribution is 2.06. The predicted octanol–water partition coefficient (Wildman–Crippen LogP) is 3.04. The van der Waals surface area contributed by atoms with Crippen molar-refractivity contribution in [2.45, 2.75) is 39.7 Å².